The van der Waals surface area contributed by atoms with Crippen LogP contribution in [0.25, 0.3) is 10.7 Å². The predicted octanol–water partition coefficient (Wildman–Crippen LogP) is 1.58. The Hall–Kier alpha value is -1.87. The van der Waals surface area contributed by atoms with Gasteiger partial charge in [0.05, 0.1) is 10.1 Å². The number of imide groups is 1. The van der Waals surface area contributed by atoms with E-state index in [4.69, 9.17) is 0 Å². The lowest BCUT2D eigenvalue weighted by Crippen LogP contribution is -2.39. The van der Waals surface area contributed by atoms with Crippen LogP contribution in [0.5, 0.6) is 0 Å². The topological polar surface area (TPSA) is 80.1 Å². The van der Waals surface area contributed by atoms with E-state index in [2.05, 4.69) is 15.5 Å². The SMILES string of the molecule is CC(Sc1nnc(-c2cccs2)n1C)C(=O)N1CCNC1=O. The summed E-state index contributed by atoms with van der Waals surface area (Å²) in [6, 6.07) is 3.61. The van der Waals surface area contributed by atoms with E-state index in [-0.39, 0.29) is 11.9 Å². The number of hydrogen-bond donors (Lipinski definition) is 1. The lowest BCUT2D eigenvalue weighted by atomic mass is 10.4. The number of aromatic nitrogens is 3. The zero-order valence-corrected chi connectivity index (χ0v) is 13.8. The number of rotatable bonds is 4. The van der Waals surface area contributed by atoms with Crippen molar-refractivity contribution < 1.29 is 9.59 Å². The number of nitrogens with one attached hydrogen (secondary N) is 1. The Morgan fingerprint density at radius 1 is 1.50 bits per heavy atom. The first kappa shape index (κ1) is 15.0. The maximum atomic E-state index is 12.3. The molecular formula is C13H15N5O2S2. The van der Waals surface area contributed by atoms with E-state index in [9.17, 15) is 9.59 Å². The van der Waals surface area contributed by atoms with E-state index in [0.717, 1.165) is 10.7 Å². The maximum Gasteiger partial charge on any atom is 0.324 e. The van der Waals surface area contributed by atoms with Gasteiger partial charge in [-0.1, -0.05) is 17.8 Å². The highest BCUT2D eigenvalue weighted by molar-refractivity contribution is 8.00. The molecule has 7 nitrogen and oxygen atoms in total. The number of carbonyl (C=O) groups excluding carboxylic acids is 2. The number of amides is 3. The molecule has 0 saturated carbocycles. The van der Waals surface area contributed by atoms with Crippen molar-refractivity contribution in [3.05, 3.63) is 17.5 Å². The van der Waals surface area contributed by atoms with Gasteiger partial charge in [0.25, 0.3) is 0 Å². The molecule has 1 saturated heterocycles. The van der Waals surface area contributed by atoms with Crippen LogP contribution in [0, 0.1) is 0 Å². The molecular weight excluding hydrogens is 322 g/mol. The average molecular weight is 337 g/mol. The Kier molecular flexibility index (Phi) is 4.16. The summed E-state index contributed by atoms with van der Waals surface area (Å²) < 4.78 is 1.87. The second-order valence-electron chi connectivity index (χ2n) is 4.82. The minimum Gasteiger partial charge on any atom is -0.336 e. The molecule has 1 aliphatic rings. The van der Waals surface area contributed by atoms with E-state index in [1.807, 2.05) is 29.1 Å². The molecule has 0 spiro atoms. The highest BCUT2D eigenvalue weighted by atomic mass is 32.2. The molecule has 2 aromatic heterocycles. The Labute approximate surface area is 135 Å². The molecule has 1 N–H and O–H groups in total. The second kappa shape index (κ2) is 6.09. The summed E-state index contributed by atoms with van der Waals surface area (Å²) in [7, 11) is 1.87. The summed E-state index contributed by atoms with van der Waals surface area (Å²) in [5, 5.41) is 13.2. The molecule has 1 aliphatic heterocycles. The van der Waals surface area contributed by atoms with Crippen LogP contribution in [-0.4, -0.2) is 49.9 Å². The van der Waals surface area contributed by atoms with Crippen molar-refractivity contribution >= 4 is 35.0 Å². The molecule has 1 unspecified atom stereocenters. The number of nitrogens with zero attached hydrogens (tertiary/aromatic N) is 4. The highest BCUT2D eigenvalue weighted by Gasteiger charge is 2.31. The number of thiophene rings is 1. The van der Waals surface area contributed by atoms with Crippen LogP contribution in [-0.2, 0) is 11.8 Å². The molecule has 0 radical (unpaired) electrons. The molecule has 2 aromatic rings. The van der Waals surface area contributed by atoms with Crippen molar-refractivity contribution in [2.24, 2.45) is 7.05 Å². The van der Waals surface area contributed by atoms with E-state index >= 15 is 0 Å². The van der Waals surface area contributed by atoms with Crippen LogP contribution in [0.1, 0.15) is 6.92 Å². The minimum absolute atomic E-state index is 0.208. The fourth-order valence-corrected chi connectivity index (χ4v) is 3.77. The Morgan fingerprint density at radius 3 is 2.95 bits per heavy atom. The third-order valence-corrected chi connectivity index (χ3v) is 5.32. The largest absolute Gasteiger partial charge is 0.336 e. The van der Waals surface area contributed by atoms with E-state index in [1.54, 1.807) is 18.3 Å². The number of urea groups is 1. The number of thioether (sulfide) groups is 1. The zero-order chi connectivity index (χ0) is 15.7. The van der Waals surface area contributed by atoms with Crippen molar-refractivity contribution in [3.63, 3.8) is 0 Å². The molecule has 116 valence electrons. The third-order valence-electron chi connectivity index (χ3n) is 3.33. The molecule has 0 aromatic carbocycles. The van der Waals surface area contributed by atoms with E-state index < -0.39 is 5.25 Å². The van der Waals surface area contributed by atoms with Crippen molar-refractivity contribution in [2.45, 2.75) is 17.3 Å². The van der Waals surface area contributed by atoms with Gasteiger partial charge in [0.2, 0.25) is 5.91 Å². The summed E-state index contributed by atoms with van der Waals surface area (Å²) in [6.45, 7) is 2.70. The van der Waals surface area contributed by atoms with Crippen LogP contribution in [0.3, 0.4) is 0 Å². The quantitative estimate of drug-likeness (QED) is 0.857. The van der Waals surface area contributed by atoms with Crippen molar-refractivity contribution in [2.75, 3.05) is 13.1 Å². The maximum absolute atomic E-state index is 12.3. The first-order valence-corrected chi connectivity index (χ1v) is 8.53. The van der Waals surface area contributed by atoms with Gasteiger partial charge in [0.15, 0.2) is 11.0 Å². The lowest BCUT2D eigenvalue weighted by Gasteiger charge is -2.16. The second-order valence-corrected chi connectivity index (χ2v) is 7.08. The predicted molar refractivity (Wildman–Crippen MR) is 84.7 cm³/mol. The Morgan fingerprint density at radius 2 is 2.32 bits per heavy atom. The molecule has 3 rings (SSSR count). The Bertz CT molecular complexity index is 697. The molecule has 9 heteroatoms. The Balaban J connectivity index is 1.73. The monoisotopic (exact) mass is 337 g/mol. The zero-order valence-electron chi connectivity index (χ0n) is 12.1. The van der Waals surface area contributed by atoms with Crippen LogP contribution in [0.15, 0.2) is 22.7 Å². The first-order chi connectivity index (χ1) is 10.6. The lowest BCUT2D eigenvalue weighted by molar-refractivity contribution is -0.126. The van der Waals surface area contributed by atoms with E-state index in [1.165, 1.54) is 16.7 Å². The van der Waals surface area contributed by atoms with Gasteiger partial charge >= 0.3 is 6.03 Å². The standard InChI is InChI=1S/C13H15N5O2S2/c1-8(11(19)18-6-5-14-12(18)20)22-13-16-15-10(17(13)2)9-4-3-7-21-9/h3-4,7-8H,5-6H2,1-2H3,(H,14,20). The molecule has 0 bridgehead atoms. The van der Waals surface area contributed by atoms with Crippen molar-refractivity contribution in [3.8, 4) is 10.7 Å². The van der Waals surface area contributed by atoms with Gasteiger partial charge in [0.1, 0.15) is 0 Å². The normalized spacial score (nSPS) is 15.9. The van der Waals surface area contributed by atoms with Crippen LogP contribution in [0.2, 0.25) is 0 Å². The van der Waals surface area contributed by atoms with Gasteiger partial charge in [0, 0.05) is 20.1 Å². The van der Waals surface area contributed by atoms with Gasteiger partial charge in [-0.2, -0.15) is 0 Å². The summed E-state index contributed by atoms with van der Waals surface area (Å²) in [4.78, 5) is 26.1. The van der Waals surface area contributed by atoms with E-state index in [0.29, 0.717) is 18.2 Å². The summed E-state index contributed by atoms with van der Waals surface area (Å²) in [5.41, 5.74) is 0. The summed E-state index contributed by atoms with van der Waals surface area (Å²) in [5.74, 6) is 0.566. The molecule has 0 aliphatic carbocycles. The van der Waals surface area contributed by atoms with Crippen LogP contribution >= 0.6 is 23.1 Å². The van der Waals surface area contributed by atoms with Crippen LogP contribution < -0.4 is 5.32 Å². The molecule has 3 amide bonds. The van der Waals surface area contributed by atoms with Gasteiger partial charge in [-0.15, -0.1) is 21.5 Å². The minimum atomic E-state index is -0.400. The highest BCUT2D eigenvalue weighted by Crippen LogP contribution is 2.28. The fraction of sp³-hybridized carbons (Fsp3) is 0.385. The first-order valence-electron chi connectivity index (χ1n) is 6.77. The number of hydrogen-bond acceptors (Lipinski definition) is 6. The summed E-state index contributed by atoms with van der Waals surface area (Å²) in [6.07, 6.45) is 0. The van der Waals surface area contributed by atoms with Gasteiger partial charge < -0.3 is 9.88 Å². The molecule has 3 heterocycles. The molecule has 22 heavy (non-hydrogen) atoms. The van der Waals surface area contributed by atoms with Gasteiger partial charge in [-0.25, -0.2) is 4.79 Å². The van der Waals surface area contributed by atoms with Crippen molar-refractivity contribution in [1.82, 2.24) is 25.0 Å². The molecule has 1 atom stereocenters. The summed E-state index contributed by atoms with van der Waals surface area (Å²) >= 11 is 2.90. The van der Waals surface area contributed by atoms with Crippen molar-refractivity contribution in [1.29, 1.82) is 0 Å². The van der Waals surface area contributed by atoms with Gasteiger partial charge in [-0.3, -0.25) is 9.69 Å². The third kappa shape index (κ3) is 2.73. The number of carbonyl (C=O) groups is 2. The van der Waals surface area contributed by atoms with Gasteiger partial charge in [-0.05, 0) is 18.4 Å². The molecule has 1 fully saturated rings. The smallest absolute Gasteiger partial charge is 0.324 e. The average Bonchev–Trinajstić information content (AvgIpc) is 3.21. The fourth-order valence-electron chi connectivity index (χ4n) is 2.15. The van der Waals surface area contributed by atoms with Crippen LogP contribution in [0.4, 0.5) is 4.79 Å².